The summed E-state index contributed by atoms with van der Waals surface area (Å²) in [5.74, 6) is -1.46. The summed E-state index contributed by atoms with van der Waals surface area (Å²) < 4.78 is 55.9. The second-order valence-corrected chi connectivity index (χ2v) is 3.83. The van der Waals surface area contributed by atoms with Crippen LogP contribution in [-0.4, -0.2) is 9.97 Å². The minimum absolute atomic E-state index is 0.193. The van der Waals surface area contributed by atoms with Crippen LogP contribution in [0, 0.1) is 5.82 Å². The predicted molar refractivity (Wildman–Crippen MR) is 62.2 cm³/mol. The normalized spacial score (nSPS) is 11.4. The van der Waals surface area contributed by atoms with Gasteiger partial charge >= 0.3 is 6.18 Å². The molecule has 0 radical (unpaired) electrons. The fraction of sp³-hybridized carbons (Fsp3) is 0.167. The molecule has 0 saturated carbocycles. The number of halogens is 4. The van der Waals surface area contributed by atoms with Crippen LogP contribution in [0.2, 0.25) is 0 Å². The first-order valence-corrected chi connectivity index (χ1v) is 5.44. The maximum Gasteiger partial charge on any atom is 0.433 e. The van der Waals surface area contributed by atoms with Crippen molar-refractivity contribution < 1.29 is 22.3 Å². The standard InChI is InChI=1S/C12H9F4N3O/c13-8-4-2-1-3-7(8)6-20-10-5-9(12(14,15)16)18-11(17)19-10/h1-5H,6H2,(H2,17,18,19). The molecular weight excluding hydrogens is 278 g/mol. The summed E-state index contributed by atoms with van der Waals surface area (Å²) in [6.45, 7) is -0.263. The quantitative estimate of drug-likeness (QED) is 0.882. The SMILES string of the molecule is Nc1nc(OCc2ccccc2F)cc(C(F)(F)F)n1. The highest BCUT2D eigenvalue weighted by Crippen LogP contribution is 2.29. The van der Waals surface area contributed by atoms with Crippen molar-refractivity contribution in [3.05, 3.63) is 47.4 Å². The summed E-state index contributed by atoms with van der Waals surface area (Å²) in [5, 5.41) is 0. The van der Waals surface area contributed by atoms with Crippen molar-refractivity contribution in [1.29, 1.82) is 0 Å². The van der Waals surface area contributed by atoms with Crippen LogP contribution in [0.25, 0.3) is 0 Å². The van der Waals surface area contributed by atoms with E-state index >= 15 is 0 Å². The minimum atomic E-state index is -4.66. The molecule has 2 N–H and O–H groups in total. The van der Waals surface area contributed by atoms with Crippen LogP contribution in [0.3, 0.4) is 0 Å². The van der Waals surface area contributed by atoms with Gasteiger partial charge in [0, 0.05) is 11.6 Å². The lowest BCUT2D eigenvalue weighted by molar-refractivity contribution is -0.141. The number of benzene rings is 1. The average molecular weight is 287 g/mol. The summed E-state index contributed by atoms with van der Waals surface area (Å²) in [4.78, 5) is 6.58. The maximum atomic E-state index is 13.3. The fourth-order valence-electron chi connectivity index (χ4n) is 1.43. The van der Waals surface area contributed by atoms with Crippen molar-refractivity contribution in [2.45, 2.75) is 12.8 Å². The Balaban J connectivity index is 2.18. The molecule has 2 aromatic rings. The van der Waals surface area contributed by atoms with E-state index in [1.54, 1.807) is 6.07 Å². The highest BCUT2D eigenvalue weighted by molar-refractivity contribution is 5.28. The van der Waals surface area contributed by atoms with E-state index in [9.17, 15) is 17.6 Å². The number of hydrogen-bond donors (Lipinski definition) is 1. The number of nitrogens with zero attached hydrogens (tertiary/aromatic N) is 2. The van der Waals surface area contributed by atoms with E-state index < -0.39 is 23.6 Å². The first-order chi connectivity index (χ1) is 9.36. The number of nitrogen functional groups attached to an aromatic ring is 1. The molecule has 2 rings (SSSR count). The highest BCUT2D eigenvalue weighted by Gasteiger charge is 2.33. The molecule has 106 valence electrons. The monoisotopic (exact) mass is 287 g/mol. The topological polar surface area (TPSA) is 61.0 Å². The molecule has 4 nitrogen and oxygen atoms in total. The predicted octanol–water partition coefficient (Wildman–Crippen LogP) is 2.80. The molecule has 0 unspecified atom stereocenters. The molecule has 1 aromatic carbocycles. The van der Waals surface area contributed by atoms with Crippen LogP contribution in [0.4, 0.5) is 23.5 Å². The van der Waals surface area contributed by atoms with Gasteiger partial charge in [0.2, 0.25) is 11.8 Å². The van der Waals surface area contributed by atoms with Crippen LogP contribution in [0.5, 0.6) is 5.88 Å². The molecule has 0 saturated heterocycles. The first kappa shape index (κ1) is 14.0. The molecule has 0 aliphatic rings. The van der Waals surface area contributed by atoms with Crippen LogP contribution in [-0.2, 0) is 12.8 Å². The van der Waals surface area contributed by atoms with E-state index in [0.717, 1.165) is 0 Å². The number of alkyl halides is 3. The molecule has 0 aliphatic heterocycles. The molecule has 1 aromatic heterocycles. The van der Waals surface area contributed by atoms with E-state index in [4.69, 9.17) is 10.5 Å². The van der Waals surface area contributed by atoms with E-state index in [-0.39, 0.29) is 18.1 Å². The Morgan fingerprint density at radius 2 is 1.85 bits per heavy atom. The molecule has 1 heterocycles. The van der Waals surface area contributed by atoms with Gasteiger partial charge in [-0.3, -0.25) is 0 Å². The summed E-state index contributed by atoms with van der Waals surface area (Å²) >= 11 is 0. The van der Waals surface area contributed by atoms with Crippen LogP contribution >= 0.6 is 0 Å². The lowest BCUT2D eigenvalue weighted by Gasteiger charge is -2.10. The Bertz CT molecular complexity index is 616. The van der Waals surface area contributed by atoms with E-state index in [0.29, 0.717) is 6.07 Å². The summed E-state index contributed by atoms with van der Waals surface area (Å²) in [6, 6.07) is 6.34. The lowest BCUT2D eigenvalue weighted by atomic mass is 10.2. The van der Waals surface area contributed by atoms with Gasteiger partial charge in [0.25, 0.3) is 0 Å². The molecule has 0 spiro atoms. The third-order valence-corrected chi connectivity index (χ3v) is 2.34. The van der Waals surface area contributed by atoms with Gasteiger partial charge in [-0.2, -0.15) is 18.2 Å². The van der Waals surface area contributed by atoms with Gasteiger partial charge in [-0.05, 0) is 6.07 Å². The highest BCUT2D eigenvalue weighted by atomic mass is 19.4. The molecule has 0 atom stereocenters. The van der Waals surface area contributed by atoms with Gasteiger partial charge in [0.1, 0.15) is 12.4 Å². The molecule has 0 amide bonds. The first-order valence-electron chi connectivity index (χ1n) is 5.44. The number of aromatic nitrogens is 2. The van der Waals surface area contributed by atoms with Crippen LogP contribution < -0.4 is 10.5 Å². The smallest absolute Gasteiger partial charge is 0.433 e. The number of ether oxygens (including phenoxy) is 1. The fourth-order valence-corrected chi connectivity index (χ4v) is 1.43. The Kier molecular flexibility index (Phi) is 3.73. The van der Waals surface area contributed by atoms with E-state index in [1.807, 2.05) is 0 Å². The number of anilines is 1. The lowest BCUT2D eigenvalue weighted by Crippen LogP contribution is -2.12. The molecule has 0 fully saturated rings. The zero-order chi connectivity index (χ0) is 14.8. The zero-order valence-corrected chi connectivity index (χ0v) is 9.99. The summed E-state index contributed by atoms with van der Waals surface area (Å²) in [5.41, 5.74) is 4.16. The summed E-state index contributed by atoms with van der Waals surface area (Å²) in [7, 11) is 0. The largest absolute Gasteiger partial charge is 0.473 e. The van der Waals surface area contributed by atoms with Gasteiger partial charge in [0.15, 0.2) is 5.69 Å². The van der Waals surface area contributed by atoms with Crippen LogP contribution in [0.15, 0.2) is 30.3 Å². The average Bonchev–Trinajstić information content (AvgIpc) is 2.36. The second-order valence-electron chi connectivity index (χ2n) is 3.83. The van der Waals surface area contributed by atoms with Crippen molar-refractivity contribution in [2.75, 3.05) is 5.73 Å². The van der Waals surface area contributed by atoms with Crippen molar-refractivity contribution in [3.8, 4) is 5.88 Å². The van der Waals surface area contributed by atoms with Crippen molar-refractivity contribution in [1.82, 2.24) is 9.97 Å². The van der Waals surface area contributed by atoms with Crippen molar-refractivity contribution in [2.24, 2.45) is 0 Å². The second kappa shape index (κ2) is 5.32. The maximum absolute atomic E-state index is 13.3. The van der Waals surface area contributed by atoms with Gasteiger partial charge in [0.05, 0.1) is 0 Å². The zero-order valence-electron chi connectivity index (χ0n) is 9.99. The number of nitrogens with two attached hydrogens (primary N) is 1. The Hall–Kier alpha value is -2.38. The van der Waals surface area contributed by atoms with Crippen LogP contribution in [0.1, 0.15) is 11.3 Å². The molecule has 20 heavy (non-hydrogen) atoms. The van der Waals surface area contributed by atoms with E-state index in [1.165, 1.54) is 18.2 Å². The van der Waals surface area contributed by atoms with Gasteiger partial charge in [-0.25, -0.2) is 9.37 Å². The van der Waals surface area contributed by atoms with Gasteiger partial charge < -0.3 is 10.5 Å². The number of hydrogen-bond acceptors (Lipinski definition) is 4. The minimum Gasteiger partial charge on any atom is -0.473 e. The number of rotatable bonds is 3. The Morgan fingerprint density at radius 1 is 1.15 bits per heavy atom. The van der Waals surface area contributed by atoms with Crippen molar-refractivity contribution >= 4 is 5.95 Å². The van der Waals surface area contributed by atoms with Gasteiger partial charge in [-0.15, -0.1) is 0 Å². The third-order valence-electron chi connectivity index (χ3n) is 2.34. The van der Waals surface area contributed by atoms with E-state index in [2.05, 4.69) is 9.97 Å². The van der Waals surface area contributed by atoms with Gasteiger partial charge in [-0.1, -0.05) is 18.2 Å². The Labute approximate surface area is 111 Å². The molecule has 8 heteroatoms. The van der Waals surface area contributed by atoms with Crippen molar-refractivity contribution in [3.63, 3.8) is 0 Å². The summed E-state index contributed by atoms with van der Waals surface area (Å²) in [6.07, 6.45) is -4.66. The molecular formula is C12H9F4N3O. The molecule has 0 bridgehead atoms. The molecule has 0 aliphatic carbocycles. The third kappa shape index (κ3) is 3.34. The Morgan fingerprint density at radius 3 is 2.50 bits per heavy atom.